The lowest BCUT2D eigenvalue weighted by Crippen LogP contribution is -2.32. The second kappa shape index (κ2) is 7.67. The molecule has 1 rings (SSSR count). The number of unbranched alkanes of at least 4 members (excludes halogenated alkanes) is 2. The zero-order valence-electron chi connectivity index (χ0n) is 12.4. The Balaban J connectivity index is 2.47. The highest BCUT2D eigenvalue weighted by atomic mass is 16.2. The fourth-order valence-corrected chi connectivity index (χ4v) is 1.76. The third-order valence-electron chi connectivity index (χ3n) is 3.08. The summed E-state index contributed by atoms with van der Waals surface area (Å²) in [5.41, 5.74) is 1.95. The van der Waals surface area contributed by atoms with Crippen molar-refractivity contribution in [2.45, 2.75) is 26.2 Å². The number of hydrogen-bond acceptors (Lipinski definition) is 2. The standard InChI is InChI=1S/C15H25N3O/c1-5-6-7-12-18(4)15(19)16-13-8-10-14(11-9-13)17(2)3/h8-11H,5-7,12H2,1-4H3,(H,16,19). The predicted molar refractivity (Wildman–Crippen MR) is 81.9 cm³/mol. The molecule has 0 aliphatic heterocycles. The molecule has 1 aromatic rings. The summed E-state index contributed by atoms with van der Waals surface area (Å²) < 4.78 is 0. The molecule has 4 heteroatoms. The summed E-state index contributed by atoms with van der Waals surface area (Å²) in [6.07, 6.45) is 3.39. The van der Waals surface area contributed by atoms with E-state index in [0.717, 1.165) is 30.8 Å². The van der Waals surface area contributed by atoms with E-state index in [1.165, 1.54) is 6.42 Å². The van der Waals surface area contributed by atoms with E-state index in [9.17, 15) is 4.79 Å². The summed E-state index contributed by atoms with van der Waals surface area (Å²) >= 11 is 0. The lowest BCUT2D eigenvalue weighted by Gasteiger charge is -2.18. The minimum Gasteiger partial charge on any atom is -0.378 e. The number of benzene rings is 1. The molecule has 4 nitrogen and oxygen atoms in total. The fraction of sp³-hybridized carbons (Fsp3) is 0.533. The first-order valence-electron chi connectivity index (χ1n) is 6.84. The Hall–Kier alpha value is -1.71. The highest BCUT2D eigenvalue weighted by Gasteiger charge is 2.08. The second-order valence-electron chi connectivity index (χ2n) is 5.00. The second-order valence-corrected chi connectivity index (χ2v) is 5.00. The van der Waals surface area contributed by atoms with Crippen LogP contribution < -0.4 is 10.2 Å². The van der Waals surface area contributed by atoms with Crippen molar-refractivity contribution >= 4 is 17.4 Å². The first kappa shape index (κ1) is 15.3. The van der Waals surface area contributed by atoms with Gasteiger partial charge in [0.15, 0.2) is 0 Å². The van der Waals surface area contributed by atoms with Gasteiger partial charge in [0.25, 0.3) is 0 Å². The molecule has 0 aromatic heterocycles. The Morgan fingerprint density at radius 3 is 2.26 bits per heavy atom. The third-order valence-corrected chi connectivity index (χ3v) is 3.08. The number of anilines is 2. The molecule has 0 aliphatic rings. The molecule has 0 atom stereocenters. The topological polar surface area (TPSA) is 35.6 Å². The number of carbonyl (C=O) groups is 1. The van der Waals surface area contributed by atoms with Gasteiger partial charge in [-0.15, -0.1) is 0 Å². The number of amides is 2. The van der Waals surface area contributed by atoms with E-state index in [0.29, 0.717) is 0 Å². The molecule has 19 heavy (non-hydrogen) atoms. The maximum atomic E-state index is 11.9. The Morgan fingerprint density at radius 2 is 1.74 bits per heavy atom. The van der Waals surface area contributed by atoms with Crippen molar-refractivity contribution < 1.29 is 4.79 Å². The SMILES string of the molecule is CCCCCN(C)C(=O)Nc1ccc(N(C)C)cc1. The maximum Gasteiger partial charge on any atom is 0.321 e. The fourth-order valence-electron chi connectivity index (χ4n) is 1.76. The molecule has 0 bridgehead atoms. The third kappa shape index (κ3) is 5.20. The highest BCUT2D eigenvalue weighted by Crippen LogP contribution is 2.15. The van der Waals surface area contributed by atoms with Crippen LogP contribution in [-0.4, -0.2) is 38.6 Å². The van der Waals surface area contributed by atoms with Gasteiger partial charge < -0.3 is 15.1 Å². The molecular formula is C15H25N3O. The quantitative estimate of drug-likeness (QED) is 0.798. The number of carbonyl (C=O) groups excluding carboxylic acids is 1. The van der Waals surface area contributed by atoms with Gasteiger partial charge in [-0.25, -0.2) is 4.79 Å². The van der Waals surface area contributed by atoms with Gasteiger partial charge in [0.05, 0.1) is 0 Å². The molecule has 1 aromatic carbocycles. The molecule has 2 amide bonds. The summed E-state index contributed by atoms with van der Waals surface area (Å²) in [6.45, 7) is 2.96. The average molecular weight is 263 g/mol. The van der Waals surface area contributed by atoms with Crippen LogP contribution in [0.5, 0.6) is 0 Å². The van der Waals surface area contributed by atoms with Crippen molar-refractivity contribution in [3.05, 3.63) is 24.3 Å². The number of rotatable bonds is 6. The predicted octanol–water partition coefficient (Wildman–Crippen LogP) is 3.41. The number of hydrogen-bond donors (Lipinski definition) is 1. The molecule has 0 radical (unpaired) electrons. The first-order chi connectivity index (χ1) is 9.04. The van der Waals surface area contributed by atoms with Crippen molar-refractivity contribution in [1.29, 1.82) is 0 Å². The highest BCUT2D eigenvalue weighted by molar-refractivity contribution is 5.89. The van der Waals surface area contributed by atoms with Gasteiger partial charge in [-0.1, -0.05) is 19.8 Å². The Labute approximate surface area is 116 Å². The van der Waals surface area contributed by atoms with Crippen LogP contribution in [0.15, 0.2) is 24.3 Å². The van der Waals surface area contributed by atoms with Crippen molar-refractivity contribution in [2.75, 3.05) is 37.9 Å². The Bertz CT molecular complexity index is 387. The first-order valence-corrected chi connectivity index (χ1v) is 6.84. The summed E-state index contributed by atoms with van der Waals surface area (Å²) in [7, 11) is 5.82. The van der Waals surface area contributed by atoms with E-state index in [-0.39, 0.29) is 6.03 Å². The van der Waals surface area contributed by atoms with Crippen LogP contribution in [-0.2, 0) is 0 Å². The van der Waals surface area contributed by atoms with E-state index >= 15 is 0 Å². The zero-order chi connectivity index (χ0) is 14.3. The largest absolute Gasteiger partial charge is 0.378 e. The van der Waals surface area contributed by atoms with E-state index in [4.69, 9.17) is 0 Å². The summed E-state index contributed by atoms with van der Waals surface area (Å²) in [5.74, 6) is 0. The molecule has 0 fully saturated rings. The Morgan fingerprint density at radius 1 is 1.11 bits per heavy atom. The maximum absolute atomic E-state index is 11.9. The molecule has 0 unspecified atom stereocenters. The van der Waals surface area contributed by atoms with Gasteiger partial charge in [-0.3, -0.25) is 0 Å². The smallest absolute Gasteiger partial charge is 0.321 e. The van der Waals surface area contributed by atoms with Crippen molar-refractivity contribution in [1.82, 2.24) is 4.90 Å². The zero-order valence-corrected chi connectivity index (χ0v) is 12.4. The number of nitrogens with one attached hydrogen (secondary N) is 1. The molecule has 0 saturated carbocycles. The van der Waals surface area contributed by atoms with E-state index in [1.807, 2.05) is 50.3 Å². The molecule has 106 valence electrons. The lowest BCUT2D eigenvalue weighted by atomic mass is 10.2. The van der Waals surface area contributed by atoms with Crippen molar-refractivity contribution in [3.63, 3.8) is 0 Å². The summed E-state index contributed by atoms with van der Waals surface area (Å²) in [6, 6.07) is 7.79. The van der Waals surface area contributed by atoms with Crippen LogP contribution in [0.1, 0.15) is 26.2 Å². The van der Waals surface area contributed by atoms with Gasteiger partial charge >= 0.3 is 6.03 Å². The van der Waals surface area contributed by atoms with Crippen LogP contribution in [0.25, 0.3) is 0 Å². The normalized spacial score (nSPS) is 10.1. The van der Waals surface area contributed by atoms with Crippen LogP contribution >= 0.6 is 0 Å². The van der Waals surface area contributed by atoms with Gasteiger partial charge in [0.1, 0.15) is 0 Å². The lowest BCUT2D eigenvalue weighted by molar-refractivity contribution is 0.221. The Kier molecular flexibility index (Phi) is 6.19. The monoisotopic (exact) mass is 263 g/mol. The van der Waals surface area contributed by atoms with E-state index in [1.54, 1.807) is 4.90 Å². The minimum absolute atomic E-state index is 0.0475. The van der Waals surface area contributed by atoms with E-state index < -0.39 is 0 Å². The number of nitrogens with zero attached hydrogens (tertiary/aromatic N) is 2. The van der Waals surface area contributed by atoms with E-state index in [2.05, 4.69) is 12.2 Å². The van der Waals surface area contributed by atoms with Crippen LogP contribution in [0, 0.1) is 0 Å². The van der Waals surface area contributed by atoms with Crippen LogP contribution in [0.2, 0.25) is 0 Å². The van der Waals surface area contributed by atoms with Gasteiger partial charge in [0, 0.05) is 39.1 Å². The average Bonchev–Trinajstić information content (AvgIpc) is 2.39. The summed E-state index contributed by atoms with van der Waals surface area (Å²) in [4.78, 5) is 15.7. The molecular weight excluding hydrogens is 238 g/mol. The van der Waals surface area contributed by atoms with Crippen LogP contribution in [0.3, 0.4) is 0 Å². The molecule has 1 N–H and O–H groups in total. The van der Waals surface area contributed by atoms with Crippen molar-refractivity contribution in [3.8, 4) is 0 Å². The van der Waals surface area contributed by atoms with Gasteiger partial charge in [-0.05, 0) is 30.7 Å². The molecule has 0 spiro atoms. The number of urea groups is 1. The molecule has 0 saturated heterocycles. The van der Waals surface area contributed by atoms with Crippen LogP contribution in [0.4, 0.5) is 16.2 Å². The summed E-state index contributed by atoms with van der Waals surface area (Å²) in [5, 5.41) is 2.90. The molecule has 0 heterocycles. The van der Waals surface area contributed by atoms with Gasteiger partial charge in [0.2, 0.25) is 0 Å². The van der Waals surface area contributed by atoms with Gasteiger partial charge in [-0.2, -0.15) is 0 Å². The minimum atomic E-state index is -0.0475. The van der Waals surface area contributed by atoms with Crippen molar-refractivity contribution in [2.24, 2.45) is 0 Å². The molecule has 0 aliphatic carbocycles.